The maximum Gasteiger partial charge on any atom is 0.265 e. The summed E-state index contributed by atoms with van der Waals surface area (Å²) in [4.78, 5) is 24.2. The highest BCUT2D eigenvalue weighted by molar-refractivity contribution is 6.00. The number of hydrogen-bond acceptors (Lipinski definition) is 4. The van der Waals surface area contributed by atoms with Gasteiger partial charge in [0.2, 0.25) is 5.91 Å². The molecule has 2 amide bonds. The maximum absolute atomic E-state index is 12.5. The van der Waals surface area contributed by atoms with Crippen LogP contribution in [0.1, 0.15) is 26.7 Å². The Balaban J connectivity index is 1.75. The monoisotopic (exact) mass is 303 g/mol. The minimum absolute atomic E-state index is 0.00364. The van der Waals surface area contributed by atoms with E-state index in [1.54, 1.807) is 25.1 Å². The number of rotatable bonds is 2. The highest BCUT2D eigenvalue weighted by Gasteiger charge is 2.34. The van der Waals surface area contributed by atoms with E-state index in [-0.39, 0.29) is 11.8 Å². The number of carbonyl (C=O) groups excluding carboxylic acids is 2. The third-order valence-electron chi connectivity index (χ3n) is 4.31. The van der Waals surface area contributed by atoms with Crippen LogP contribution in [0.4, 0.5) is 11.4 Å². The molecular weight excluding hydrogens is 282 g/mol. The first-order chi connectivity index (χ1) is 10.5. The van der Waals surface area contributed by atoms with Crippen LogP contribution in [0.25, 0.3) is 0 Å². The Kier molecular flexibility index (Phi) is 3.78. The average Bonchev–Trinajstić information content (AvgIpc) is 2.49. The Hall–Kier alpha value is -2.08. The number of hydrogen-bond donors (Lipinski definition) is 3. The lowest BCUT2D eigenvalue weighted by Crippen LogP contribution is -2.46. The zero-order valence-corrected chi connectivity index (χ0v) is 12.9. The van der Waals surface area contributed by atoms with Crippen molar-refractivity contribution < 1.29 is 14.3 Å². The summed E-state index contributed by atoms with van der Waals surface area (Å²) in [5.41, 5.74) is 0.851. The molecule has 22 heavy (non-hydrogen) atoms. The maximum atomic E-state index is 12.5. The molecule has 2 heterocycles. The van der Waals surface area contributed by atoms with Crippen LogP contribution in [0, 0.1) is 5.41 Å². The smallest absolute Gasteiger partial charge is 0.265 e. The summed E-state index contributed by atoms with van der Waals surface area (Å²) in [5.74, 6) is 0.436. The molecule has 0 spiro atoms. The summed E-state index contributed by atoms with van der Waals surface area (Å²) in [6.07, 6.45) is 1.37. The molecule has 2 aliphatic rings. The SMILES string of the molecule is CC1Oc2ccc(NC(=O)C3(C)CCCNC3)cc2NC1=O. The number of benzene rings is 1. The Bertz CT molecular complexity index is 609. The van der Waals surface area contributed by atoms with E-state index in [0.29, 0.717) is 23.7 Å². The van der Waals surface area contributed by atoms with Crippen LogP contribution in [-0.4, -0.2) is 31.0 Å². The van der Waals surface area contributed by atoms with Gasteiger partial charge in [-0.1, -0.05) is 0 Å². The van der Waals surface area contributed by atoms with E-state index in [1.165, 1.54) is 0 Å². The number of piperidine rings is 1. The molecule has 0 aliphatic carbocycles. The zero-order chi connectivity index (χ0) is 15.7. The molecule has 3 rings (SSSR count). The fourth-order valence-corrected chi connectivity index (χ4v) is 2.82. The van der Waals surface area contributed by atoms with Crippen LogP contribution in [0.5, 0.6) is 5.75 Å². The molecule has 6 nitrogen and oxygen atoms in total. The van der Waals surface area contributed by atoms with Crippen LogP contribution >= 0.6 is 0 Å². The molecule has 0 saturated carbocycles. The number of anilines is 2. The second-order valence-electron chi connectivity index (χ2n) is 6.26. The molecule has 0 aromatic heterocycles. The van der Waals surface area contributed by atoms with Crippen LogP contribution in [0.15, 0.2) is 18.2 Å². The summed E-state index contributed by atoms with van der Waals surface area (Å²) in [5, 5.41) is 8.99. The fourth-order valence-electron chi connectivity index (χ4n) is 2.82. The van der Waals surface area contributed by atoms with Crippen molar-refractivity contribution in [3.8, 4) is 5.75 Å². The van der Waals surface area contributed by atoms with Crippen molar-refractivity contribution in [1.29, 1.82) is 0 Å². The van der Waals surface area contributed by atoms with E-state index in [1.807, 2.05) is 6.92 Å². The van der Waals surface area contributed by atoms with Gasteiger partial charge in [0.1, 0.15) is 5.75 Å². The number of ether oxygens (including phenoxy) is 1. The quantitative estimate of drug-likeness (QED) is 0.777. The lowest BCUT2D eigenvalue weighted by Gasteiger charge is -2.32. The van der Waals surface area contributed by atoms with Gasteiger partial charge in [-0.15, -0.1) is 0 Å². The third kappa shape index (κ3) is 2.78. The molecule has 3 N–H and O–H groups in total. The summed E-state index contributed by atoms with van der Waals surface area (Å²) < 4.78 is 5.51. The molecule has 1 fully saturated rings. The van der Waals surface area contributed by atoms with Crippen molar-refractivity contribution >= 4 is 23.2 Å². The number of fused-ring (bicyclic) bond motifs is 1. The van der Waals surface area contributed by atoms with Crippen molar-refractivity contribution in [3.63, 3.8) is 0 Å². The lowest BCUT2D eigenvalue weighted by atomic mass is 9.82. The van der Waals surface area contributed by atoms with Crippen molar-refractivity contribution in [1.82, 2.24) is 5.32 Å². The number of carbonyl (C=O) groups is 2. The van der Waals surface area contributed by atoms with Crippen LogP contribution < -0.4 is 20.7 Å². The molecule has 2 aliphatic heterocycles. The summed E-state index contributed by atoms with van der Waals surface area (Å²) in [7, 11) is 0. The van der Waals surface area contributed by atoms with Gasteiger partial charge in [0.15, 0.2) is 6.10 Å². The molecule has 0 bridgehead atoms. The standard InChI is InChI=1S/C16H21N3O3/c1-10-14(20)19-12-8-11(4-5-13(12)22-10)18-15(21)16(2)6-3-7-17-9-16/h4-5,8,10,17H,3,6-7,9H2,1-2H3,(H,18,21)(H,19,20). The molecule has 1 saturated heterocycles. The van der Waals surface area contributed by atoms with Crippen molar-refractivity contribution in [2.24, 2.45) is 5.41 Å². The second-order valence-corrected chi connectivity index (χ2v) is 6.26. The Morgan fingerprint density at radius 1 is 1.45 bits per heavy atom. The average molecular weight is 303 g/mol. The van der Waals surface area contributed by atoms with Gasteiger partial charge in [-0.2, -0.15) is 0 Å². The van der Waals surface area contributed by atoms with Gasteiger partial charge in [-0.3, -0.25) is 9.59 Å². The summed E-state index contributed by atoms with van der Waals surface area (Å²) in [6.45, 7) is 5.31. The number of amides is 2. The van der Waals surface area contributed by atoms with E-state index in [4.69, 9.17) is 4.74 Å². The molecular formula is C16H21N3O3. The first-order valence-electron chi connectivity index (χ1n) is 7.62. The van der Waals surface area contributed by atoms with Gasteiger partial charge in [0.05, 0.1) is 11.1 Å². The lowest BCUT2D eigenvalue weighted by molar-refractivity contribution is -0.125. The zero-order valence-electron chi connectivity index (χ0n) is 12.9. The van der Waals surface area contributed by atoms with Gasteiger partial charge in [-0.05, 0) is 51.4 Å². The summed E-state index contributed by atoms with van der Waals surface area (Å²) >= 11 is 0. The number of nitrogens with one attached hydrogen (secondary N) is 3. The first kappa shape index (κ1) is 14.8. The normalized spacial score (nSPS) is 27.4. The minimum atomic E-state index is -0.500. The van der Waals surface area contributed by atoms with Crippen LogP contribution in [-0.2, 0) is 9.59 Å². The van der Waals surface area contributed by atoms with Gasteiger partial charge >= 0.3 is 0 Å². The Labute approximate surface area is 129 Å². The predicted octanol–water partition coefficient (Wildman–Crippen LogP) is 1.73. The highest BCUT2D eigenvalue weighted by atomic mass is 16.5. The van der Waals surface area contributed by atoms with Gasteiger partial charge < -0.3 is 20.7 Å². The molecule has 6 heteroatoms. The molecule has 1 aromatic carbocycles. The van der Waals surface area contributed by atoms with Crippen molar-refractivity contribution in [2.45, 2.75) is 32.8 Å². The molecule has 0 radical (unpaired) electrons. The van der Waals surface area contributed by atoms with E-state index in [2.05, 4.69) is 16.0 Å². The van der Waals surface area contributed by atoms with Crippen molar-refractivity contribution in [2.75, 3.05) is 23.7 Å². The Morgan fingerprint density at radius 2 is 2.27 bits per heavy atom. The Morgan fingerprint density at radius 3 is 3.00 bits per heavy atom. The molecule has 2 atom stereocenters. The van der Waals surface area contributed by atoms with Crippen LogP contribution in [0.3, 0.4) is 0 Å². The van der Waals surface area contributed by atoms with E-state index >= 15 is 0 Å². The minimum Gasteiger partial charge on any atom is -0.479 e. The van der Waals surface area contributed by atoms with Gasteiger partial charge in [0.25, 0.3) is 5.91 Å². The largest absolute Gasteiger partial charge is 0.479 e. The third-order valence-corrected chi connectivity index (χ3v) is 4.31. The van der Waals surface area contributed by atoms with E-state index in [0.717, 1.165) is 19.4 Å². The molecule has 2 unspecified atom stereocenters. The molecule has 118 valence electrons. The fraction of sp³-hybridized carbons (Fsp3) is 0.500. The predicted molar refractivity (Wildman–Crippen MR) is 84.0 cm³/mol. The first-order valence-corrected chi connectivity index (χ1v) is 7.62. The van der Waals surface area contributed by atoms with Crippen molar-refractivity contribution in [3.05, 3.63) is 18.2 Å². The topological polar surface area (TPSA) is 79.5 Å². The van der Waals surface area contributed by atoms with Gasteiger partial charge in [-0.25, -0.2) is 0 Å². The van der Waals surface area contributed by atoms with E-state index < -0.39 is 11.5 Å². The van der Waals surface area contributed by atoms with Crippen LogP contribution in [0.2, 0.25) is 0 Å². The highest BCUT2D eigenvalue weighted by Crippen LogP contribution is 2.33. The van der Waals surface area contributed by atoms with E-state index in [9.17, 15) is 9.59 Å². The molecule has 1 aromatic rings. The van der Waals surface area contributed by atoms with Gasteiger partial charge in [0, 0.05) is 12.2 Å². The second kappa shape index (κ2) is 5.61. The summed E-state index contributed by atoms with van der Waals surface area (Å²) in [6, 6.07) is 5.29.